The van der Waals surface area contributed by atoms with Crippen LogP contribution in [0.2, 0.25) is 0 Å². The van der Waals surface area contributed by atoms with Crippen LogP contribution in [0.1, 0.15) is 36.3 Å². The largest absolute Gasteiger partial charge is 0.365 e. The molecule has 1 atom stereocenters. The molecule has 0 spiro atoms. The maximum absolute atomic E-state index is 12.3. The molecule has 2 aliphatic heterocycles. The molecule has 8 nitrogen and oxygen atoms in total. The van der Waals surface area contributed by atoms with E-state index in [9.17, 15) is 9.59 Å². The number of rotatable bonds is 7. The van der Waals surface area contributed by atoms with Crippen molar-refractivity contribution in [1.82, 2.24) is 24.7 Å². The molecule has 3 fully saturated rings. The third kappa shape index (κ3) is 4.91. The van der Waals surface area contributed by atoms with E-state index in [0.717, 1.165) is 38.4 Å². The van der Waals surface area contributed by atoms with Crippen molar-refractivity contribution >= 4 is 11.8 Å². The number of hydrogen-bond donors (Lipinski definition) is 1. The van der Waals surface area contributed by atoms with Gasteiger partial charge >= 0.3 is 0 Å². The number of morpholine rings is 1. The molecule has 1 aromatic heterocycles. The summed E-state index contributed by atoms with van der Waals surface area (Å²) in [6.45, 7) is 5.41. The van der Waals surface area contributed by atoms with Crippen LogP contribution in [0.25, 0.3) is 0 Å². The van der Waals surface area contributed by atoms with Gasteiger partial charge in [-0.3, -0.25) is 9.59 Å². The van der Waals surface area contributed by atoms with Crippen LogP contribution in [-0.4, -0.2) is 83.1 Å². The van der Waals surface area contributed by atoms with Gasteiger partial charge in [-0.25, -0.2) is 4.98 Å². The number of nitrogens with one attached hydrogen (secondary N) is 1. The van der Waals surface area contributed by atoms with Gasteiger partial charge in [-0.2, -0.15) is 0 Å². The molecule has 2 amide bonds. The lowest BCUT2D eigenvalue weighted by Gasteiger charge is -2.38. The first-order chi connectivity index (χ1) is 13.6. The Hall–Kier alpha value is -1.93. The molecule has 0 radical (unpaired) electrons. The lowest BCUT2D eigenvalue weighted by Crippen LogP contribution is -2.52. The van der Waals surface area contributed by atoms with E-state index in [1.54, 1.807) is 24.0 Å². The van der Waals surface area contributed by atoms with Crippen LogP contribution in [0.15, 0.2) is 12.4 Å². The van der Waals surface area contributed by atoms with Gasteiger partial charge in [0.2, 0.25) is 5.91 Å². The minimum atomic E-state index is -0.220. The van der Waals surface area contributed by atoms with Crippen LogP contribution in [0.4, 0.5) is 0 Å². The normalized spacial score (nSPS) is 24.5. The molecule has 3 heterocycles. The molecular weight excluding hydrogens is 358 g/mol. The molecule has 2 saturated heterocycles. The summed E-state index contributed by atoms with van der Waals surface area (Å²) in [7, 11) is 1.79. The Morgan fingerprint density at radius 3 is 2.64 bits per heavy atom. The van der Waals surface area contributed by atoms with Gasteiger partial charge in [-0.1, -0.05) is 0 Å². The van der Waals surface area contributed by atoms with E-state index < -0.39 is 0 Å². The monoisotopic (exact) mass is 389 g/mol. The minimum Gasteiger partial charge on any atom is -0.365 e. The quantitative estimate of drug-likeness (QED) is 0.735. The number of likely N-dealkylation sites (tertiary alicyclic amines) is 1. The topological polar surface area (TPSA) is 79.7 Å². The van der Waals surface area contributed by atoms with Gasteiger partial charge in [-0.15, -0.1) is 0 Å². The van der Waals surface area contributed by atoms with Gasteiger partial charge in [0.25, 0.3) is 5.91 Å². The molecule has 4 rings (SSSR count). The summed E-state index contributed by atoms with van der Waals surface area (Å²) >= 11 is 0. The van der Waals surface area contributed by atoms with E-state index >= 15 is 0 Å². The second kappa shape index (κ2) is 8.61. The van der Waals surface area contributed by atoms with Gasteiger partial charge in [0.15, 0.2) is 5.82 Å². The highest BCUT2D eigenvalue weighted by molar-refractivity contribution is 5.90. The number of amides is 2. The smallest absolute Gasteiger partial charge is 0.287 e. The Bertz CT molecular complexity index is 694. The molecule has 8 heteroatoms. The standard InChI is InChI=1S/C20H31N5O3/c1-23-9-6-21-19(23)20(27)22-10-17-13-25(18(26)14-28-17)12-16-4-7-24(8-5-16)11-15-2-3-15/h6,9,15-17H,2-5,7-8,10-14H2,1H3,(H,22,27)/t17-/m0/s1. The lowest BCUT2D eigenvalue weighted by molar-refractivity contribution is -0.149. The molecule has 3 aliphatic rings. The molecule has 154 valence electrons. The molecule has 1 aliphatic carbocycles. The van der Waals surface area contributed by atoms with E-state index in [4.69, 9.17) is 4.74 Å². The molecule has 28 heavy (non-hydrogen) atoms. The highest BCUT2D eigenvalue weighted by Crippen LogP contribution is 2.31. The van der Waals surface area contributed by atoms with E-state index in [-0.39, 0.29) is 24.5 Å². The number of aryl methyl sites for hydroxylation is 1. The van der Waals surface area contributed by atoms with Crippen molar-refractivity contribution in [2.45, 2.75) is 31.8 Å². The highest BCUT2D eigenvalue weighted by atomic mass is 16.5. The van der Waals surface area contributed by atoms with Crippen LogP contribution in [0.5, 0.6) is 0 Å². The van der Waals surface area contributed by atoms with Crippen LogP contribution in [0.3, 0.4) is 0 Å². The fraction of sp³-hybridized carbons (Fsp3) is 0.750. The summed E-state index contributed by atoms with van der Waals surface area (Å²) in [6.07, 6.45) is 8.30. The molecular formula is C20H31N5O3. The molecule has 1 N–H and O–H groups in total. The first kappa shape index (κ1) is 19.4. The van der Waals surface area contributed by atoms with Gasteiger partial charge in [0, 0.05) is 45.6 Å². The van der Waals surface area contributed by atoms with Crippen LogP contribution >= 0.6 is 0 Å². The minimum absolute atomic E-state index is 0.0621. The van der Waals surface area contributed by atoms with E-state index in [0.29, 0.717) is 24.8 Å². The molecule has 0 bridgehead atoms. The summed E-state index contributed by atoms with van der Waals surface area (Å²) in [5.74, 6) is 1.73. The average molecular weight is 390 g/mol. The zero-order valence-electron chi connectivity index (χ0n) is 16.7. The van der Waals surface area contributed by atoms with Gasteiger partial charge in [0.05, 0.1) is 6.10 Å². The summed E-state index contributed by atoms with van der Waals surface area (Å²) < 4.78 is 7.32. The Balaban J connectivity index is 1.21. The first-order valence-corrected chi connectivity index (χ1v) is 10.5. The molecule has 1 aromatic rings. The van der Waals surface area contributed by atoms with E-state index in [2.05, 4.69) is 15.2 Å². The zero-order chi connectivity index (χ0) is 19.5. The summed E-state index contributed by atoms with van der Waals surface area (Å²) in [5.41, 5.74) is 0. The molecule has 0 unspecified atom stereocenters. The maximum Gasteiger partial charge on any atom is 0.287 e. The van der Waals surface area contributed by atoms with Crippen molar-refractivity contribution in [3.8, 4) is 0 Å². The second-order valence-corrected chi connectivity index (χ2v) is 8.49. The Morgan fingerprint density at radius 1 is 1.21 bits per heavy atom. The average Bonchev–Trinajstić information content (AvgIpc) is 3.41. The second-order valence-electron chi connectivity index (χ2n) is 8.49. The number of ether oxygens (including phenoxy) is 1. The lowest BCUT2D eigenvalue weighted by atomic mass is 9.95. The number of hydrogen-bond acceptors (Lipinski definition) is 5. The highest BCUT2D eigenvalue weighted by Gasteiger charge is 2.31. The fourth-order valence-electron chi connectivity index (χ4n) is 4.18. The number of aromatic nitrogens is 2. The number of carbonyl (C=O) groups excluding carboxylic acids is 2. The van der Waals surface area contributed by atoms with Crippen molar-refractivity contribution in [1.29, 1.82) is 0 Å². The van der Waals surface area contributed by atoms with Crippen molar-refractivity contribution in [3.63, 3.8) is 0 Å². The van der Waals surface area contributed by atoms with Gasteiger partial charge < -0.3 is 24.4 Å². The van der Waals surface area contributed by atoms with Crippen LogP contribution in [-0.2, 0) is 16.6 Å². The van der Waals surface area contributed by atoms with E-state index in [1.165, 1.54) is 19.4 Å². The predicted octanol–water partition coefficient (Wildman–Crippen LogP) is 0.499. The Morgan fingerprint density at radius 2 is 1.96 bits per heavy atom. The van der Waals surface area contributed by atoms with E-state index in [1.807, 2.05) is 4.90 Å². The van der Waals surface area contributed by atoms with Crippen molar-refractivity contribution in [3.05, 3.63) is 18.2 Å². The number of imidazole rings is 1. The van der Waals surface area contributed by atoms with Crippen molar-refractivity contribution in [2.24, 2.45) is 18.9 Å². The SMILES string of the molecule is Cn1ccnc1C(=O)NC[C@H]1CN(CC2CCN(CC3CC3)CC2)C(=O)CO1. The Kier molecular flexibility index (Phi) is 5.96. The van der Waals surface area contributed by atoms with Crippen molar-refractivity contribution < 1.29 is 14.3 Å². The summed E-state index contributed by atoms with van der Waals surface area (Å²) in [6, 6.07) is 0. The summed E-state index contributed by atoms with van der Waals surface area (Å²) in [5, 5.41) is 2.87. The van der Waals surface area contributed by atoms with Crippen LogP contribution in [0, 0.1) is 11.8 Å². The first-order valence-electron chi connectivity index (χ1n) is 10.5. The van der Waals surface area contributed by atoms with Gasteiger partial charge in [-0.05, 0) is 50.6 Å². The van der Waals surface area contributed by atoms with Crippen LogP contribution < -0.4 is 5.32 Å². The summed E-state index contributed by atoms with van der Waals surface area (Å²) in [4.78, 5) is 33.1. The fourth-order valence-corrected chi connectivity index (χ4v) is 4.18. The Labute approximate surface area is 166 Å². The zero-order valence-corrected chi connectivity index (χ0v) is 16.7. The number of carbonyl (C=O) groups is 2. The van der Waals surface area contributed by atoms with Gasteiger partial charge in [0.1, 0.15) is 6.61 Å². The third-order valence-corrected chi connectivity index (χ3v) is 6.13. The molecule has 1 saturated carbocycles. The third-order valence-electron chi connectivity index (χ3n) is 6.13. The van der Waals surface area contributed by atoms with Crippen molar-refractivity contribution in [2.75, 3.05) is 45.9 Å². The molecule has 0 aromatic carbocycles. The number of nitrogens with zero attached hydrogens (tertiary/aromatic N) is 4. The predicted molar refractivity (Wildman–Crippen MR) is 104 cm³/mol. The maximum atomic E-state index is 12.3. The number of piperidine rings is 1.